The van der Waals surface area contributed by atoms with Gasteiger partial charge in [-0.1, -0.05) is 12.8 Å². The number of rotatable bonds is 6. The summed E-state index contributed by atoms with van der Waals surface area (Å²) in [5.74, 6) is -1.21. The molecule has 26 heavy (non-hydrogen) atoms. The van der Waals surface area contributed by atoms with E-state index in [9.17, 15) is 30.3 Å². The Morgan fingerprint density at radius 3 is 1.88 bits per heavy atom. The standard InChI is InChI=1S/C8H17NO.C6H3N3O7/c1-7(10)6-9-8-4-2-3-5-8;10-6-4(8(13)14)1-3(7(11)12)2-5(6)9(15)16/h7-10H,2-6H2,1H3;1-2,10H. The molecular weight excluding hydrogens is 352 g/mol. The molecule has 0 amide bonds. The van der Waals surface area contributed by atoms with Gasteiger partial charge in [0.1, 0.15) is 0 Å². The van der Waals surface area contributed by atoms with Crippen LogP contribution in [-0.4, -0.2) is 43.7 Å². The topological polar surface area (TPSA) is 182 Å². The monoisotopic (exact) mass is 372 g/mol. The minimum Gasteiger partial charge on any atom is -0.497 e. The first kappa shape index (κ1) is 21.2. The molecule has 0 aliphatic heterocycles. The summed E-state index contributed by atoms with van der Waals surface area (Å²) in [7, 11) is 0. The number of phenolic OH excluding ortho intramolecular Hbond substituents is 1. The first-order valence-electron chi connectivity index (χ1n) is 7.85. The molecule has 0 saturated heterocycles. The molecule has 3 N–H and O–H groups in total. The highest BCUT2D eigenvalue weighted by Crippen LogP contribution is 2.38. The number of aliphatic hydroxyl groups excluding tert-OH is 1. The van der Waals surface area contributed by atoms with E-state index in [0.29, 0.717) is 18.2 Å². The summed E-state index contributed by atoms with van der Waals surface area (Å²) >= 11 is 0. The van der Waals surface area contributed by atoms with Crippen molar-refractivity contribution in [3.05, 3.63) is 42.5 Å². The molecule has 144 valence electrons. The predicted molar refractivity (Wildman–Crippen MR) is 90.0 cm³/mol. The Balaban J connectivity index is 0.000000289. The molecule has 0 heterocycles. The quantitative estimate of drug-likeness (QED) is 0.496. The lowest BCUT2D eigenvalue weighted by Gasteiger charge is -2.12. The molecule has 0 bridgehead atoms. The number of nitrogens with one attached hydrogen (secondary N) is 1. The normalized spacial score (nSPS) is 15.0. The Morgan fingerprint density at radius 1 is 1.08 bits per heavy atom. The highest BCUT2D eigenvalue weighted by molar-refractivity contribution is 5.64. The number of benzene rings is 1. The van der Waals surface area contributed by atoms with Crippen LogP contribution < -0.4 is 5.32 Å². The maximum absolute atomic E-state index is 10.4. The average molecular weight is 372 g/mol. The van der Waals surface area contributed by atoms with Crippen LogP contribution in [0.1, 0.15) is 32.6 Å². The third-order valence-electron chi connectivity index (χ3n) is 3.72. The first-order valence-corrected chi connectivity index (χ1v) is 7.85. The van der Waals surface area contributed by atoms with E-state index in [0.717, 1.165) is 6.54 Å². The largest absolute Gasteiger partial charge is 0.497 e. The number of hydrogen-bond donors (Lipinski definition) is 3. The van der Waals surface area contributed by atoms with Crippen molar-refractivity contribution in [2.75, 3.05) is 6.54 Å². The van der Waals surface area contributed by atoms with Crippen LogP contribution in [-0.2, 0) is 0 Å². The SMILES string of the molecule is CC(O)CNC1CCCC1.O=[N+]([O-])c1cc([N+](=O)[O-])c(O)c([N+](=O)[O-])c1. The molecule has 0 aromatic heterocycles. The summed E-state index contributed by atoms with van der Waals surface area (Å²) in [6.07, 6.45) is 5.12. The van der Waals surface area contributed by atoms with E-state index >= 15 is 0 Å². The molecule has 12 nitrogen and oxygen atoms in total. The molecule has 1 fully saturated rings. The van der Waals surface area contributed by atoms with Crippen molar-refractivity contribution in [2.24, 2.45) is 0 Å². The van der Waals surface area contributed by atoms with E-state index in [1.165, 1.54) is 25.7 Å². The second-order valence-electron chi connectivity index (χ2n) is 5.84. The average Bonchev–Trinajstić information content (AvgIpc) is 3.06. The van der Waals surface area contributed by atoms with Gasteiger partial charge in [0, 0.05) is 12.6 Å². The molecule has 2 rings (SSSR count). The van der Waals surface area contributed by atoms with Crippen LogP contribution in [0, 0.1) is 30.3 Å². The van der Waals surface area contributed by atoms with E-state index in [1.54, 1.807) is 0 Å². The Labute approximate surface area is 147 Å². The van der Waals surface area contributed by atoms with E-state index in [4.69, 9.17) is 10.2 Å². The number of non-ortho nitro benzene ring substituents is 1. The van der Waals surface area contributed by atoms with Crippen molar-refractivity contribution in [3.63, 3.8) is 0 Å². The van der Waals surface area contributed by atoms with Crippen LogP contribution in [0.3, 0.4) is 0 Å². The van der Waals surface area contributed by atoms with Crippen molar-refractivity contribution in [2.45, 2.75) is 44.8 Å². The van der Waals surface area contributed by atoms with Gasteiger partial charge >= 0.3 is 11.4 Å². The second kappa shape index (κ2) is 9.58. The summed E-state index contributed by atoms with van der Waals surface area (Å²) in [4.78, 5) is 27.8. The minimum absolute atomic E-state index is 0.194. The van der Waals surface area contributed by atoms with E-state index < -0.39 is 37.6 Å². The molecule has 1 atom stereocenters. The van der Waals surface area contributed by atoms with Gasteiger partial charge in [-0.15, -0.1) is 0 Å². The fraction of sp³-hybridized carbons (Fsp3) is 0.571. The molecule has 12 heteroatoms. The minimum atomic E-state index is -1.21. The molecule has 1 aromatic rings. The summed E-state index contributed by atoms with van der Waals surface area (Å²) < 4.78 is 0. The number of nitro groups is 3. The molecule has 1 aliphatic rings. The van der Waals surface area contributed by atoms with E-state index in [2.05, 4.69) is 5.32 Å². The van der Waals surface area contributed by atoms with Crippen molar-refractivity contribution in [1.29, 1.82) is 0 Å². The van der Waals surface area contributed by atoms with Crippen molar-refractivity contribution in [3.8, 4) is 5.75 Å². The summed E-state index contributed by atoms with van der Waals surface area (Å²) in [5.41, 5.74) is -3.00. The number of aliphatic hydroxyl groups is 1. The van der Waals surface area contributed by atoms with Crippen LogP contribution in [0.15, 0.2) is 12.1 Å². The lowest BCUT2D eigenvalue weighted by molar-refractivity contribution is -0.404. The summed E-state index contributed by atoms with van der Waals surface area (Å²) in [5, 5.41) is 52.5. The van der Waals surface area contributed by atoms with Crippen LogP contribution >= 0.6 is 0 Å². The van der Waals surface area contributed by atoms with E-state index in [-0.39, 0.29) is 6.10 Å². The fourth-order valence-electron chi connectivity index (χ4n) is 2.44. The van der Waals surface area contributed by atoms with Crippen LogP contribution in [0.5, 0.6) is 5.75 Å². The number of phenols is 1. The smallest absolute Gasteiger partial charge is 0.324 e. The Kier molecular flexibility index (Phi) is 7.80. The molecule has 1 aliphatic carbocycles. The molecule has 1 unspecified atom stereocenters. The zero-order valence-electron chi connectivity index (χ0n) is 14.0. The fourth-order valence-corrected chi connectivity index (χ4v) is 2.44. The maximum atomic E-state index is 10.4. The zero-order chi connectivity index (χ0) is 19.9. The van der Waals surface area contributed by atoms with Gasteiger partial charge in [0.15, 0.2) is 0 Å². The molecule has 1 saturated carbocycles. The van der Waals surface area contributed by atoms with Crippen molar-refractivity contribution >= 4 is 17.1 Å². The third-order valence-corrected chi connectivity index (χ3v) is 3.72. The zero-order valence-corrected chi connectivity index (χ0v) is 14.0. The highest BCUT2D eigenvalue weighted by Gasteiger charge is 2.30. The molecule has 0 spiro atoms. The van der Waals surface area contributed by atoms with Crippen molar-refractivity contribution in [1.82, 2.24) is 5.32 Å². The first-order chi connectivity index (χ1) is 12.1. The van der Waals surface area contributed by atoms with Gasteiger partial charge in [-0.25, -0.2) is 0 Å². The van der Waals surface area contributed by atoms with Crippen molar-refractivity contribution < 1.29 is 25.0 Å². The van der Waals surface area contributed by atoms with Gasteiger partial charge in [-0.05, 0) is 19.8 Å². The molecule has 1 aromatic carbocycles. The van der Waals surface area contributed by atoms with Gasteiger partial charge in [0.05, 0.1) is 33.0 Å². The summed E-state index contributed by atoms with van der Waals surface area (Å²) in [6, 6.07) is 1.58. The number of nitro benzene ring substituents is 3. The molecule has 0 radical (unpaired) electrons. The lowest BCUT2D eigenvalue weighted by Crippen LogP contribution is -2.32. The Morgan fingerprint density at radius 2 is 1.54 bits per heavy atom. The maximum Gasteiger partial charge on any atom is 0.324 e. The number of aromatic hydroxyl groups is 1. The van der Waals surface area contributed by atoms with Crippen LogP contribution in [0.2, 0.25) is 0 Å². The van der Waals surface area contributed by atoms with Gasteiger partial charge < -0.3 is 15.5 Å². The molecular formula is C14H20N4O8. The van der Waals surface area contributed by atoms with Gasteiger partial charge in [0.25, 0.3) is 11.4 Å². The lowest BCUT2D eigenvalue weighted by atomic mass is 10.2. The van der Waals surface area contributed by atoms with Gasteiger partial charge in [-0.2, -0.15) is 0 Å². The van der Waals surface area contributed by atoms with Crippen LogP contribution in [0.4, 0.5) is 17.1 Å². The highest BCUT2D eigenvalue weighted by atomic mass is 16.6. The number of hydrogen-bond acceptors (Lipinski definition) is 9. The third kappa shape index (κ3) is 6.22. The second-order valence-corrected chi connectivity index (χ2v) is 5.84. The summed E-state index contributed by atoms with van der Waals surface area (Å²) in [6.45, 7) is 2.58. The Hall–Kier alpha value is -2.86. The van der Waals surface area contributed by atoms with Gasteiger partial charge in [-0.3, -0.25) is 30.3 Å². The number of nitrogens with zero attached hydrogens (tertiary/aromatic N) is 3. The van der Waals surface area contributed by atoms with Gasteiger partial charge in [0.2, 0.25) is 0 Å². The predicted octanol–water partition coefficient (Wildman–Crippen LogP) is 2.02. The van der Waals surface area contributed by atoms with Crippen LogP contribution in [0.25, 0.3) is 0 Å². The van der Waals surface area contributed by atoms with E-state index in [1.807, 2.05) is 6.92 Å². The Bertz CT molecular complexity index is 638.